The predicted octanol–water partition coefficient (Wildman–Crippen LogP) is 5.02. The van der Waals surface area contributed by atoms with Crippen LogP contribution in [0.1, 0.15) is 80.0 Å². The van der Waals surface area contributed by atoms with E-state index in [1.165, 1.54) is 0 Å². The third-order valence-corrected chi connectivity index (χ3v) is 3.13. The molecule has 0 spiro atoms. The van der Waals surface area contributed by atoms with E-state index in [0.29, 0.717) is 12.5 Å². The van der Waals surface area contributed by atoms with Crippen molar-refractivity contribution < 1.29 is 4.74 Å². The van der Waals surface area contributed by atoms with Crippen molar-refractivity contribution in [3.8, 4) is 5.88 Å². The van der Waals surface area contributed by atoms with E-state index in [1.54, 1.807) is 0 Å². The molecule has 0 aliphatic heterocycles. The van der Waals surface area contributed by atoms with Crippen LogP contribution < -0.4 is 10.1 Å². The fraction of sp³-hybridized carbons (Fsp3) is 0.778. The van der Waals surface area contributed by atoms with Gasteiger partial charge in [0.1, 0.15) is 11.6 Å². The molecule has 0 fully saturated rings. The average molecular weight is 307 g/mol. The molecule has 1 aromatic rings. The van der Waals surface area contributed by atoms with Gasteiger partial charge >= 0.3 is 0 Å². The summed E-state index contributed by atoms with van der Waals surface area (Å²) in [7, 11) is 0. The molecule has 4 heteroatoms. The van der Waals surface area contributed by atoms with Crippen molar-refractivity contribution in [1.82, 2.24) is 9.97 Å². The molecule has 0 bridgehead atoms. The van der Waals surface area contributed by atoms with Gasteiger partial charge < -0.3 is 10.1 Å². The summed E-state index contributed by atoms with van der Waals surface area (Å²) in [5, 5.41) is 3.56. The summed E-state index contributed by atoms with van der Waals surface area (Å²) in [6, 6.07) is 1.91. The number of ether oxygens (including phenoxy) is 1. The molecule has 0 aliphatic rings. The van der Waals surface area contributed by atoms with E-state index in [1.807, 2.05) is 6.07 Å². The Hall–Kier alpha value is -1.32. The van der Waals surface area contributed by atoms with Crippen LogP contribution in [0.2, 0.25) is 0 Å². The maximum atomic E-state index is 5.71. The molecule has 0 saturated heterocycles. The van der Waals surface area contributed by atoms with Crippen molar-refractivity contribution in [1.29, 1.82) is 0 Å². The zero-order valence-electron chi connectivity index (χ0n) is 15.6. The Balaban J connectivity index is 2.99. The van der Waals surface area contributed by atoms with Crippen molar-refractivity contribution in [3.05, 3.63) is 11.9 Å². The van der Waals surface area contributed by atoms with Crippen LogP contribution in [-0.2, 0) is 0 Å². The maximum absolute atomic E-state index is 5.71. The van der Waals surface area contributed by atoms with Crippen LogP contribution in [0.4, 0.5) is 5.82 Å². The van der Waals surface area contributed by atoms with Crippen LogP contribution >= 0.6 is 0 Å². The van der Waals surface area contributed by atoms with Crippen LogP contribution in [0.25, 0.3) is 0 Å². The topological polar surface area (TPSA) is 47.0 Å². The zero-order chi connectivity index (χ0) is 17.0. The van der Waals surface area contributed by atoms with Crippen LogP contribution in [0.15, 0.2) is 6.07 Å². The molecule has 0 aliphatic carbocycles. The van der Waals surface area contributed by atoms with Crippen molar-refractivity contribution >= 4 is 5.82 Å². The van der Waals surface area contributed by atoms with Gasteiger partial charge in [-0.25, -0.2) is 4.98 Å². The fourth-order valence-electron chi connectivity index (χ4n) is 2.76. The van der Waals surface area contributed by atoms with Crippen molar-refractivity contribution in [2.45, 2.75) is 79.7 Å². The zero-order valence-corrected chi connectivity index (χ0v) is 15.6. The van der Waals surface area contributed by atoms with E-state index in [4.69, 9.17) is 4.74 Å². The number of hydrogen-bond acceptors (Lipinski definition) is 4. The molecule has 1 rings (SSSR count). The van der Waals surface area contributed by atoms with E-state index in [-0.39, 0.29) is 16.9 Å². The predicted molar refractivity (Wildman–Crippen MR) is 93.7 cm³/mol. The van der Waals surface area contributed by atoms with E-state index in [9.17, 15) is 0 Å². The summed E-state index contributed by atoms with van der Waals surface area (Å²) in [6.45, 7) is 18.2. The number of aromatic nitrogens is 2. The quantitative estimate of drug-likeness (QED) is 0.768. The second-order valence-corrected chi connectivity index (χ2v) is 8.20. The third-order valence-electron chi connectivity index (χ3n) is 3.13. The molecule has 0 unspecified atom stereocenters. The molecule has 0 saturated carbocycles. The normalized spacial score (nSPS) is 12.6. The summed E-state index contributed by atoms with van der Waals surface area (Å²) in [6.07, 6.45) is 2.02. The highest BCUT2D eigenvalue weighted by Crippen LogP contribution is 2.30. The molecule has 0 amide bonds. The van der Waals surface area contributed by atoms with E-state index in [2.05, 4.69) is 70.7 Å². The lowest BCUT2D eigenvalue weighted by atomic mass is 9.82. The first-order valence-electron chi connectivity index (χ1n) is 8.32. The minimum absolute atomic E-state index is 0.0388. The minimum atomic E-state index is -0.0388. The Labute approximate surface area is 136 Å². The number of rotatable bonds is 7. The van der Waals surface area contributed by atoms with Gasteiger partial charge in [-0.2, -0.15) is 4.98 Å². The smallest absolute Gasteiger partial charge is 0.218 e. The van der Waals surface area contributed by atoms with Gasteiger partial charge in [-0.1, -0.05) is 41.5 Å². The van der Waals surface area contributed by atoms with Gasteiger partial charge in [0, 0.05) is 17.5 Å². The van der Waals surface area contributed by atoms with Crippen LogP contribution in [-0.4, -0.2) is 22.1 Å². The summed E-state index contributed by atoms with van der Waals surface area (Å²) in [5.41, 5.74) is 0.217. The van der Waals surface area contributed by atoms with Gasteiger partial charge in [-0.3, -0.25) is 0 Å². The summed E-state index contributed by atoms with van der Waals surface area (Å²) in [4.78, 5) is 9.16. The van der Waals surface area contributed by atoms with Gasteiger partial charge in [0.25, 0.3) is 0 Å². The molecule has 4 nitrogen and oxygen atoms in total. The lowest BCUT2D eigenvalue weighted by Crippen LogP contribution is -2.35. The summed E-state index contributed by atoms with van der Waals surface area (Å²) in [5.74, 6) is 2.60. The first-order valence-corrected chi connectivity index (χ1v) is 8.32. The van der Waals surface area contributed by atoms with Gasteiger partial charge in [-0.05, 0) is 32.1 Å². The van der Waals surface area contributed by atoms with Crippen LogP contribution in [0.3, 0.4) is 0 Å². The number of nitrogens with zero attached hydrogens (tertiary/aromatic N) is 2. The summed E-state index contributed by atoms with van der Waals surface area (Å²) < 4.78 is 5.71. The molecular formula is C18H33N3O. The maximum Gasteiger partial charge on any atom is 0.218 e. The lowest BCUT2D eigenvalue weighted by molar-refractivity contribution is 0.298. The Morgan fingerprint density at radius 3 is 2.27 bits per heavy atom. The highest BCUT2D eigenvalue weighted by Gasteiger charge is 2.26. The minimum Gasteiger partial charge on any atom is -0.478 e. The van der Waals surface area contributed by atoms with Crippen molar-refractivity contribution in [2.24, 2.45) is 5.41 Å². The molecule has 1 N–H and O–H groups in total. The van der Waals surface area contributed by atoms with E-state index in [0.717, 1.165) is 24.5 Å². The Morgan fingerprint density at radius 2 is 1.77 bits per heavy atom. The third kappa shape index (κ3) is 6.63. The van der Waals surface area contributed by atoms with Gasteiger partial charge in [0.2, 0.25) is 5.88 Å². The van der Waals surface area contributed by atoms with Gasteiger partial charge in [0.05, 0.1) is 6.61 Å². The molecule has 1 aromatic heterocycles. The molecule has 22 heavy (non-hydrogen) atoms. The largest absolute Gasteiger partial charge is 0.478 e. The first kappa shape index (κ1) is 18.7. The number of nitrogens with one attached hydrogen (secondary N) is 1. The Bertz CT molecular complexity index is 476. The average Bonchev–Trinajstić information content (AvgIpc) is 2.32. The highest BCUT2D eigenvalue weighted by atomic mass is 16.5. The number of hydrogen-bond donors (Lipinski definition) is 1. The molecular weight excluding hydrogens is 274 g/mol. The SMILES string of the molecule is CCCOc1cc(NC(C)(C)CC(C)(C)C)nc(C(C)C)n1. The van der Waals surface area contributed by atoms with Crippen molar-refractivity contribution in [2.75, 3.05) is 11.9 Å². The van der Waals surface area contributed by atoms with Crippen LogP contribution in [0, 0.1) is 5.41 Å². The molecule has 0 radical (unpaired) electrons. The van der Waals surface area contributed by atoms with Crippen molar-refractivity contribution in [3.63, 3.8) is 0 Å². The lowest BCUT2D eigenvalue weighted by Gasteiger charge is -2.34. The highest BCUT2D eigenvalue weighted by molar-refractivity contribution is 5.41. The van der Waals surface area contributed by atoms with Gasteiger partial charge in [-0.15, -0.1) is 0 Å². The van der Waals surface area contributed by atoms with E-state index < -0.39 is 0 Å². The summed E-state index contributed by atoms with van der Waals surface area (Å²) >= 11 is 0. The Kier molecular flexibility index (Phi) is 6.21. The Morgan fingerprint density at radius 1 is 1.14 bits per heavy atom. The fourth-order valence-corrected chi connectivity index (χ4v) is 2.76. The molecule has 126 valence electrons. The number of anilines is 1. The standard InChI is InChI=1S/C18H33N3O/c1-9-10-22-15-11-14(19-16(20-15)13(2)3)21-18(7,8)12-17(4,5)6/h11,13H,9-10,12H2,1-8H3,(H,19,20,21). The van der Waals surface area contributed by atoms with E-state index >= 15 is 0 Å². The molecule has 0 atom stereocenters. The first-order chi connectivity index (χ1) is 10.0. The second kappa shape index (κ2) is 7.30. The van der Waals surface area contributed by atoms with Crippen LogP contribution in [0.5, 0.6) is 5.88 Å². The van der Waals surface area contributed by atoms with Gasteiger partial charge in [0.15, 0.2) is 0 Å². The monoisotopic (exact) mass is 307 g/mol. The second-order valence-electron chi connectivity index (χ2n) is 8.20. The molecule has 0 aromatic carbocycles. The molecule has 1 heterocycles.